The van der Waals surface area contributed by atoms with E-state index in [0.717, 1.165) is 11.1 Å². The summed E-state index contributed by atoms with van der Waals surface area (Å²) in [5.74, 6) is 0.699. The number of nitrogens with zero attached hydrogens (tertiary/aromatic N) is 1. The summed E-state index contributed by atoms with van der Waals surface area (Å²) in [6, 6.07) is 16.8. The minimum Gasteiger partial charge on any atom is -0.497 e. The van der Waals surface area contributed by atoms with Crippen molar-refractivity contribution >= 4 is 33.1 Å². The zero-order valence-corrected chi connectivity index (χ0v) is 14.7. The molecule has 0 saturated carbocycles. The topological polar surface area (TPSA) is 76.4 Å². The van der Waals surface area contributed by atoms with Gasteiger partial charge in [0, 0.05) is 10.8 Å². The molecule has 2 N–H and O–H groups in total. The molecule has 2 aromatic heterocycles. The van der Waals surface area contributed by atoms with Crippen molar-refractivity contribution in [1.82, 2.24) is 4.98 Å². The highest BCUT2D eigenvalue weighted by Gasteiger charge is 2.12. The summed E-state index contributed by atoms with van der Waals surface area (Å²) in [6.07, 6.45) is 0. The molecule has 2 heterocycles. The number of nitrogens with one attached hydrogen (secondary N) is 2. The first-order valence-corrected chi connectivity index (χ1v) is 8.76. The lowest BCUT2D eigenvalue weighted by molar-refractivity contribution is 0.415. The predicted octanol–water partition coefficient (Wildman–Crippen LogP) is 4.36. The van der Waals surface area contributed by atoms with Gasteiger partial charge in [0.1, 0.15) is 11.3 Å². The van der Waals surface area contributed by atoms with Crippen LogP contribution in [0.1, 0.15) is 0 Å². The molecule has 0 aliphatic carbocycles. The third-order valence-corrected chi connectivity index (χ3v) is 4.56. The molecule has 0 aliphatic rings. The summed E-state index contributed by atoms with van der Waals surface area (Å²) in [5.41, 5.74) is 8.08. The Balaban J connectivity index is 1.62. The Kier molecular flexibility index (Phi) is 4.28. The van der Waals surface area contributed by atoms with Crippen LogP contribution >= 0.6 is 11.3 Å². The number of thiazole rings is 1. The average molecular weight is 365 g/mol. The van der Waals surface area contributed by atoms with Gasteiger partial charge in [0.25, 0.3) is 0 Å². The zero-order chi connectivity index (χ0) is 17.9. The Morgan fingerprint density at radius 2 is 1.92 bits per heavy atom. The van der Waals surface area contributed by atoms with E-state index in [-0.39, 0.29) is 0 Å². The van der Waals surface area contributed by atoms with Gasteiger partial charge in [-0.15, -0.1) is 11.3 Å². The molecule has 0 aliphatic heterocycles. The summed E-state index contributed by atoms with van der Waals surface area (Å²) >= 11 is 1.40. The Bertz CT molecular complexity index is 1110. The second kappa shape index (κ2) is 6.89. The van der Waals surface area contributed by atoms with E-state index >= 15 is 0 Å². The summed E-state index contributed by atoms with van der Waals surface area (Å²) in [7, 11) is 1.60. The second-order valence-electron chi connectivity index (χ2n) is 5.51. The Labute approximate surface area is 153 Å². The Morgan fingerprint density at radius 1 is 1.08 bits per heavy atom. The minimum atomic E-state index is -0.421. The number of hydrogen-bond acceptors (Lipinski definition) is 7. The molecule has 7 heteroatoms. The van der Waals surface area contributed by atoms with Crippen LogP contribution in [0.15, 0.2) is 69.2 Å². The molecule has 0 atom stereocenters. The minimum absolute atomic E-state index is 0.412. The number of hydrazine groups is 1. The number of anilines is 2. The van der Waals surface area contributed by atoms with E-state index < -0.39 is 5.63 Å². The molecule has 0 unspecified atom stereocenters. The van der Waals surface area contributed by atoms with Crippen molar-refractivity contribution in [3.63, 3.8) is 0 Å². The van der Waals surface area contributed by atoms with Crippen LogP contribution in [0.3, 0.4) is 0 Å². The van der Waals surface area contributed by atoms with Crippen molar-refractivity contribution in [2.75, 3.05) is 18.0 Å². The first-order chi connectivity index (χ1) is 12.7. The van der Waals surface area contributed by atoms with E-state index in [4.69, 9.17) is 9.15 Å². The fourth-order valence-corrected chi connectivity index (χ4v) is 3.17. The van der Waals surface area contributed by atoms with Gasteiger partial charge in [0.15, 0.2) is 0 Å². The molecule has 0 bridgehead atoms. The first-order valence-electron chi connectivity index (χ1n) is 7.88. The second-order valence-corrected chi connectivity index (χ2v) is 6.36. The van der Waals surface area contributed by atoms with Gasteiger partial charge in [-0.25, -0.2) is 9.78 Å². The van der Waals surface area contributed by atoms with Gasteiger partial charge >= 0.3 is 5.63 Å². The number of methoxy groups -OCH3 is 1. The van der Waals surface area contributed by atoms with Crippen LogP contribution < -0.4 is 21.2 Å². The van der Waals surface area contributed by atoms with Gasteiger partial charge in [0.2, 0.25) is 5.13 Å². The van der Waals surface area contributed by atoms with Crippen LogP contribution in [-0.4, -0.2) is 12.1 Å². The van der Waals surface area contributed by atoms with Gasteiger partial charge < -0.3 is 9.15 Å². The van der Waals surface area contributed by atoms with Crippen LogP contribution in [0.2, 0.25) is 0 Å². The maximum Gasteiger partial charge on any atom is 0.345 e. The van der Waals surface area contributed by atoms with Crippen molar-refractivity contribution < 1.29 is 9.15 Å². The molecule has 0 radical (unpaired) electrons. The molecule has 2 aromatic carbocycles. The fourth-order valence-electron chi connectivity index (χ4n) is 2.51. The van der Waals surface area contributed by atoms with E-state index in [0.29, 0.717) is 27.7 Å². The monoisotopic (exact) mass is 365 g/mol. The number of rotatable bonds is 5. The molecule has 0 fully saturated rings. The number of ether oxygens (including phenoxy) is 1. The number of fused-ring (bicyclic) bond motifs is 1. The van der Waals surface area contributed by atoms with Crippen molar-refractivity contribution in [3.05, 3.63) is 70.4 Å². The van der Waals surface area contributed by atoms with E-state index in [9.17, 15) is 4.79 Å². The standard InChI is InChI=1S/C19H15N3O3S/c1-24-14-7-8-17-12(9-14)10-15(18(23)25-17)16-11-26-19(20-16)22-21-13-5-3-2-4-6-13/h2-11,21H,1H3,(H,20,22). The lowest BCUT2D eigenvalue weighted by Crippen LogP contribution is -2.08. The normalized spacial score (nSPS) is 10.7. The van der Waals surface area contributed by atoms with Gasteiger partial charge in [-0.05, 0) is 36.4 Å². The average Bonchev–Trinajstić information content (AvgIpc) is 3.15. The molecule has 0 amide bonds. The maximum absolute atomic E-state index is 12.3. The van der Waals surface area contributed by atoms with Crippen molar-refractivity contribution in [2.45, 2.75) is 0 Å². The smallest absolute Gasteiger partial charge is 0.345 e. The first kappa shape index (κ1) is 16.2. The zero-order valence-electron chi connectivity index (χ0n) is 13.9. The van der Waals surface area contributed by atoms with E-state index in [1.54, 1.807) is 25.3 Å². The van der Waals surface area contributed by atoms with Crippen LogP contribution in [0.25, 0.3) is 22.2 Å². The van der Waals surface area contributed by atoms with Crippen LogP contribution in [0, 0.1) is 0 Å². The highest BCUT2D eigenvalue weighted by molar-refractivity contribution is 7.14. The number of hydrogen-bond donors (Lipinski definition) is 2. The molecule has 4 aromatic rings. The SMILES string of the molecule is COc1ccc2oc(=O)c(-c3csc(NNc4ccccc4)n3)cc2c1. The number of aromatic nitrogens is 1. The number of benzene rings is 2. The highest BCUT2D eigenvalue weighted by Crippen LogP contribution is 2.27. The lowest BCUT2D eigenvalue weighted by atomic mass is 10.1. The molecule has 4 rings (SSSR count). The quantitative estimate of drug-likeness (QED) is 0.404. The van der Waals surface area contributed by atoms with Gasteiger partial charge in [0.05, 0.1) is 24.1 Å². The van der Waals surface area contributed by atoms with Crippen LogP contribution in [0.5, 0.6) is 5.75 Å². The predicted molar refractivity (Wildman–Crippen MR) is 104 cm³/mol. The van der Waals surface area contributed by atoms with Crippen molar-refractivity contribution in [3.8, 4) is 17.0 Å². The van der Waals surface area contributed by atoms with E-state index in [1.165, 1.54) is 11.3 Å². The molecule has 0 saturated heterocycles. The highest BCUT2D eigenvalue weighted by atomic mass is 32.1. The maximum atomic E-state index is 12.3. The fraction of sp³-hybridized carbons (Fsp3) is 0.0526. The van der Waals surface area contributed by atoms with Gasteiger partial charge in [-0.2, -0.15) is 0 Å². The molecule has 6 nitrogen and oxygen atoms in total. The van der Waals surface area contributed by atoms with Crippen LogP contribution in [-0.2, 0) is 0 Å². The van der Waals surface area contributed by atoms with Crippen LogP contribution in [0.4, 0.5) is 10.8 Å². The lowest BCUT2D eigenvalue weighted by Gasteiger charge is -2.05. The number of para-hydroxylation sites is 1. The Hall–Kier alpha value is -3.32. The van der Waals surface area contributed by atoms with Gasteiger partial charge in [-0.1, -0.05) is 18.2 Å². The van der Waals surface area contributed by atoms with Gasteiger partial charge in [-0.3, -0.25) is 10.9 Å². The van der Waals surface area contributed by atoms with Crippen molar-refractivity contribution in [1.29, 1.82) is 0 Å². The Morgan fingerprint density at radius 3 is 2.73 bits per heavy atom. The molecule has 26 heavy (non-hydrogen) atoms. The summed E-state index contributed by atoms with van der Waals surface area (Å²) in [6.45, 7) is 0. The summed E-state index contributed by atoms with van der Waals surface area (Å²) in [4.78, 5) is 16.8. The summed E-state index contributed by atoms with van der Waals surface area (Å²) in [5, 5.41) is 3.24. The van der Waals surface area contributed by atoms with E-state index in [1.807, 2.05) is 41.8 Å². The van der Waals surface area contributed by atoms with E-state index in [2.05, 4.69) is 15.8 Å². The molecular weight excluding hydrogens is 350 g/mol. The largest absolute Gasteiger partial charge is 0.497 e. The third-order valence-electron chi connectivity index (χ3n) is 3.81. The third kappa shape index (κ3) is 3.25. The molecular formula is C19H15N3O3S. The summed E-state index contributed by atoms with van der Waals surface area (Å²) < 4.78 is 10.6. The van der Waals surface area contributed by atoms with Crippen molar-refractivity contribution in [2.24, 2.45) is 0 Å². The molecule has 130 valence electrons. The molecule has 0 spiro atoms.